The number of benzene rings is 1. The fourth-order valence-electron chi connectivity index (χ4n) is 5.60. The molecule has 3 aliphatic rings. The summed E-state index contributed by atoms with van der Waals surface area (Å²) >= 11 is 0. The minimum atomic E-state index is -1.26. The van der Waals surface area contributed by atoms with E-state index in [1.165, 1.54) is 5.56 Å². The highest BCUT2D eigenvalue weighted by Crippen LogP contribution is 2.62. The summed E-state index contributed by atoms with van der Waals surface area (Å²) in [5.74, 6) is -0.0705. The van der Waals surface area contributed by atoms with Gasteiger partial charge in [-0.2, -0.15) is 10.4 Å². The number of rotatable bonds is 1. The quantitative estimate of drug-likeness (QED) is 0.744. The van der Waals surface area contributed by atoms with Crippen LogP contribution in [0.1, 0.15) is 31.5 Å². The van der Waals surface area contributed by atoms with Gasteiger partial charge in [0.1, 0.15) is 12.2 Å². The number of ketones is 1. The van der Waals surface area contributed by atoms with E-state index < -0.39 is 11.0 Å². The summed E-state index contributed by atoms with van der Waals surface area (Å²) in [6.07, 6.45) is 1.44. The number of hydrogen-bond donors (Lipinski definition) is 0. The van der Waals surface area contributed by atoms with Gasteiger partial charge in [-0.15, -0.1) is 0 Å². The smallest absolute Gasteiger partial charge is 0.240 e. The Kier molecular flexibility index (Phi) is 2.93. The van der Waals surface area contributed by atoms with Crippen LogP contribution >= 0.6 is 0 Å². The molecule has 2 heterocycles. The third kappa shape index (κ3) is 1.64. The van der Waals surface area contributed by atoms with Crippen molar-refractivity contribution >= 4 is 5.78 Å². The number of carbonyl (C=O) groups is 1. The van der Waals surface area contributed by atoms with Crippen LogP contribution in [0, 0.1) is 23.2 Å². The molecule has 5 nitrogen and oxygen atoms in total. The number of aryl methyl sites for hydroxylation is 1. The van der Waals surface area contributed by atoms with E-state index in [0.717, 1.165) is 29.8 Å². The summed E-state index contributed by atoms with van der Waals surface area (Å²) in [7, 11) is 1.97. The summed E-state index contributed by atoms with van der Waals surface area (Å²) in [5.41, 5.74) is 2.87. The van der Waals surface area contributed by atoms with Gasteiger partial charge in [-0.3, -0.25) is 9.48 Å². The van der Waals surface area contributed by atoms with E-state index in [0.29, 0.717) is 0 Å². The Morgan fingerprint density at radius 3 is 2.77 bits per heavy atom. The highest BCUT2D eigenvalue weighted by atomic mass is 16.6. The van der Waals surface area contributed by atoms with E-state index >= 15 is 0 Å². The molecule has 5 heteroatoms. The lowest BCUT2D eigenvalue weighted by Crippen LogP contribution is -2.55. The van der Waals surface area contributed by atoms with Crippen LogP contribution < -0.4 is 0 Å². The summed E-state index contributed by atoms with van der Waals surface area (Å²) < 4.78 is 7.77. The maximum Gasteiger partial charge on any atom is 0.240 e. The molecule has 1 aromatic carbocycles. The molecule has 0 spiro atoms. The molecule has 0 bridgehead atoms. The molecule has 1 saturated heterocycles. The molecule has 132 valence electrons. The molecule has 2 fully saturated rings. The van der Waals surface area contributed by atoms with Gasteiger partial charge in [0.2, 0.25) is 5.60 Å². The normalized spacial score (nSPS) is 37.3. The Labute approximate surface area is 152 Å². The Bertz CT molecular complexity index is 973. The second-order valence-corrected chi connectivity index (χ2v) is 8.09. The van der Waals surface area contributed by atoms with Crippen molar-refractivity contribution in [2.24, 2.45) is 18.9 Å². The van der Waals surface area contributed by atoms with E-state index in [1.54, 1.807) is 0 Å². The van der Waals surface area contributed by atoms with Crippen molar-refractivity contribution in [3.63, 3.8) is 0 Å². The largest absolute Gasteiger partial charge is 0.342 e. The van der Waals surface area contributed by atoms with E-state index in [-0.39, 0.29) is 23.7 Å². The van der Waals surface area contributed by atoms with Crippen molar-refractivity contribution in [1.82, 2.24) is 9.78 Å². The maximum atomic E-state index is 12.7. The van der Waals surface area contributed by atoms with Gasteiger partial charge < -0.3 is 4.74 Å². The fraction of sp³-hybridized carbons (Fsp3) is 0.476. The number of Topliss-reactive ketones (excluding diaryl/α,β-unsaturated/α-hetero) is 1. The monoisotopic (exact) mass is 347 g/mol. The van der Waals surface area contributed by atoms with Gasteiger partial charge in [0, 0.05) is 29.5 Å². The van der Waals surface area contributed by atoms with Crippen LogP contribution in [0.3, 0.4) is 0 Å². The standard InChI is InChI=1S/C21H21N3O2/c1-12-15-10-9-14-16(13-7-5-4-6-8-13)24(3)23-17(14)20(15,2)19-21(11-22,26-19)18(12)25/h4-8,12,15,19H,9-10H2,1-3H3. The van der Waals surface area contributed by atoms with Gasteiger partial charge in [0.05, 0.1) is 11.4 Å². The second kappa shape index (κ2) is 4.83. The molecule has 0 amide bonds. The molecule has 5 atom stereocenters. The summed E-state index contributed by atoms with van der Waals surface area (Å²) in [4.78, 5) is 12.7. The topological polar surface area (TPSA) is 71.2 Å². The first-order chi connectivity index (χ1) is 12.4. The molecule has 0 N–H and O–H groups in total. The van der Waals surface area contributed by atoms with Gasteiger partial charge in [-0.1, -0.05) is 44.2 Å². The first-order valence-corrected chi connectivity index (χ1v) is 9.20. The van der Waals surface area contributed by atoms with Crippen LogP contribution in [0.25, 0.3) is 11.3 Å². The molecule has 26 heavy (non-hydrogen) atoms. The molecule has 2 aromatic rings. The third-order valence-electron chi connectivity index (χ3n) is 6.89. The van der Waals surface area contributed by atoms with Crippen molar-refractivity contribution in [1.29, 1.82) is 5.26 Å². The summed E-state index contributed by atoms with van der Waals surface area (Å²) in [6, 6.07) is 12.5. The average Bonchev–Trinajstić information content (AvgIpc) is 3.32. The minimum Gasteiger partial charge on any atom is -0.342 e. The number of carbonyl (C=O) groups excluding carboxylic acids is 1. The molecule has 0 radical (unpaired) electrons. The number of fused-ring (bicyclic) bond motifs is 5. The molecular weight excluding hydrogens is 326 g/mol. The minimum absolute atomic E-state index is 0.0462. The fourth-order valence-corrected chi connectivity index (χ4v) is 5.60. The van der Waals surface area contributed by atoms with Gasteiger partial charge in [0.15, 0.2) is 5.78 Å². The van der Waals surface area contributed by atoms with Crippen molar-refractivity contribution in [2.75, 3.05) is 0 Å². The van der Waals surface area contributed by atoms with Crippen molar-refractivity contribution < 1.29 is 9.53 Å². The number of epoxide rings is 1. The highest BCUT2D eigenvalue weighted by molar-refractivity contribution is 5.97. The lowest BCUT2D eigenvalue weighted by atomic mass is 9.54. The molecule has 1 aromatic heterocycles. The summed E-state index contributed by atoms with van der Waals surface area (Å²) in [6.45, 7) is 4.10. The number of nitriles is 1. The van der Waals surface area contributed by atoms with Gasteiger partial charge in [0.25, 0.3) is 0 Å². The van der Waals surface area contributed by atoms with E-state index in [1.807, 2.05) is 36.9 Å². The van der Waals surface area contributed by atoms with E-state index in [4.69, 9.17) is 9.84 Å². The molecule has 5 rings (SSSR count). The molecule has 2 aliphatic carbocycles. The van der Waals surface area contributed by atoms with Gasteiger partial charge in [-0.05, 0) is 18.8 Å². The molecular formula is C21H21N3O2. The van der Waals surface area contributed by atoms with E-state index in [2.05, 4.69) is 25.1 Å². The zero-order valence-corrected chi connectivity index (χ0v) is 15.2. The van der Waals surface area contributed by atoms with Crippen LogP contribution in [0.4, 0.5) is 0 Å². The van der Waals surface area contributed by atoms with Crippen molar-refractivity contribution in [3.8, 4) is 17.3 Å². The predicted molar refractivity (Wildman–Crippen MR) is 95.2 cm³/mol. The van der Waals surface area contributed by atoms with Crippen LogP contribution in [0.5, 0.6) is 0 Å². The van der Waals surface area contributed by atoms with E-state index in [9.17, 15) is 10.1 Å². The SMILES string of the molecule is CC1C(=O)C2(C#N)OC2C2(C)c3nn(C)c(-c4ccccc4)c3CCC12. The zero-order valence-electron chi connectivity index (χ0n) is 15.2. The third-order valence-corrected chi connectivity index (χ3v) is 6.89. The second-order valence-electron chi connectivity index (χ2n) is 8.09. The number of aromatic nitrogens is 2. The highest BCUT2D eigenvalue weighted by Gasteiger charge is 2.77. The van der Waals surface area contributed by atoms with Gasteiger partial charge >= 0.3 is 0 Å². The number of nitrogens with zero attached hydrogens (tertiary/aromatic N) is 3. The molecule has 5 unspecified atom stereocenters. The van der Waals surface area contributed by atoms with Gasteiger partial charge in [-0.25, -0.2) is 0 Å². The first-order valence-electron chi connectivity index (χ1n) is 9.20. The Morgan fingerprint density at radius 1 is 1.35 bits per heavy atom. The molecule has 1 aliphatic heterocycles. The maximum absolute atomic E-state index is 12.7. The number of ether oxygens (including phenoxy) is 1. The van der Waals surface area contributed by atoms with Crippen LogP contribution in [-0.2, 0) is 28.4 Å². The number of hydrogen-bond acceptors (Lipinski definition) is 4. The Morgan fingerprint density at radius 2 is 2.08 bits per heavy atom. The lowest BCUT2D eigenvalue weighted by Gasteiger charge is -2.45. The predicted octanol–water partition coefficient (Wildman–Crippen LogP) is 2.79. The van der Waals surface area contributed by atoms with Crippen molar-refractivity contribution in [3.05, 3.63) is 41.6 Å². The van der Waals surface area contributed by atoms with Crippen LogP contribution in [0.15, 0.2) is 30.3 Å². The first kappa shape index (κ1) is 15.8. The lowest BCUT2D eigenvalue weighted by molar-refractivity contribution is -0.129. The summed E-state index contributed by atoms with van der Waals surface area (Å²) in [5, 5.41) is 14.6. The van der Waals surface area contributed by atoms with Crippen molar-refractivity contribution in [2.45, 2.75) is 43.8 Å². The Balaban J connectivity index is 1.71. The van der Waals surface area contributed by atoms with Crippen LogP contribution in [-0.4, -0.2) is 27.3 Å². The average molecular weight is 347 g/mol. The van der Waals surface area contributed by atoms with Crippen LogP contribution in [0.2, 0.25) is 0 Å². The Hall–Kier alpha value is -2.45. The zero-order chi connectivity index (χ0) is 18.3. The molecule has 1 saturated carbocycles.